The molecule has 0 bridgehead atoms. The van der Waals surface area contributed by atoms with Gasteiger partial charge in [0.2, 0.25) is 0 Å². The molecule has 0 fully saturated rings. The largest absolute Gasteiger partial charge is 0.490 e. The van der Waals surface area contributed by atoms with Crippen molar-refractivity contribution >= 4 is 23.4 Å². The van der Waals surface area contributed by atoms with Crippen molar-refractivity contribution < 1.29 is 23.6 Å². The number of non-ortho nitro benzene ring substituents is 1. The number of halogens is 1. The summed E-state index contributed by atoms with van der Waals surface area (Å²) in [6, 6.07) is 16.7. The summed E-state index contributed by atoms with van der Waals surface area (Å²) in [6.07, 6.45) is 3.47. The Labute approximate surface area is 213 Å². The molecule has 0 aromatic heterocycles. The van der Waals surface area contributed by atoms with E-state index in [9.17, 15) is 24.6 Å². The molecule has 1 N–H and O–H groups in total. The summed E-state index contributed by atoms with van der Waals surface area (Å²) in [5, 5.41) is 23.1. The molecule has 0 saturated carbocycles. The third-order valence-corrected chi connectivity index (χ3v) is 5.08. The highest BCUT2D eigenvalue weighted by atomic mass is 19.1. The molecule has 3 aromatic carbocycles. The van der Waals surface area contributed by atoms with E-state index >= 15 is 0 Å². The van der Waals surface area contributed by atoms with Crippen LogP contribution in [-0.4, -0.2) is 17.4 Å². The molecular formula is C28H24FN3O5. The Kier molecular flexibility index (Phi) is 9.11. The summed E-state index contributed by atoms with van der Waals surface area (Å²) in [7, 11) is 0. The molecule has 3 aromatic rings. The molecule has 0 spiro atoms. The van der Waals surface area contributed by atoms with E-state index in [-0.39, 0.29) is 29.4 Å². The van der Waals surface area contributed by atoms with Crippen molar-refractivity contribution in [2.75, 3.05) is 11.9 Å². The van der Waals surface area contributed by atoms with Crippen molar-refractivity contribution in [1.29, 1.82) is 5.26 Å². The molecule has 0 radical (unpaired) electrons. The molecule has 0 aliphatic rings. The molecule has 0 atom stereocenters. The highest BCUT2D eigenvalue weighted by molar-refractivity contribution is 6.09. The number of nitriles is 1. The maximum atomic E-state index is 13.6. The molecule has 1 amide bonds. The highest BCUT2D eigenvalue weighted by Crippen LogP contribution is 2.35. The minimum Gasteiger partial charge on any atom is -0.490 e. The maximum absolute atomic E-state index is 13.6. The number of benzene rings is 3. The SMILES string of the molecule is C=CCc1cc(/C=C(\C#N)C(=O)Nc2cccc([N+](=O)[O-])c2)cc(OCC)c1OCc1cccc(F)c1. The number of nitrogens with one attached hydrogen (secondary N) is 1. The van der Waals surface area contributed by atoms with Crippen molar-refractivity contribution in [2.45, 2.75) is 20.0 Å². The summed E-state index contributed by atoms with van der Waals surface area (Å²) < 4.78 is 25.3. The van der Waals surface area contributed by atoms with Gasteiger partial charge in [-0.2, -0.15) is 5.26 Å². The van der Waals surface area contributed by atoms with E-state index in [0.29, 0.717) is 41.2 Å². The summed E-state index contributed by atoms with van der Waals surface area (Å²) >= 11 is 0. The van der Waals surface area contributed by atoms with E-state index in [1.165, 1.54) is 42.5 Å². The Morgan fingerprint density at radius 2 is 1.97 bits per heavy atom. The molecule has 0 aliphatic carbocycles. The lowest BCUT2D eigenvalue weighted by Gasteiger charge is -2.17. The Morgan fingerprint density at radius 3 is 2.65 bits per heavy atom. The Balaban J connectivity index is 1.92. The zero-order valence-corrected chi connectivity index (χ0v) is 20.1. The van der Waals surface area contributed by atoms with Crippen LogP contribution in [0.4, 0.5) is 15.8 Å². The summed E-state index contributed by atoms with van der Waals surface area (Å²) in [4.78, 5) is 23.1. The second-order valence-electron chi connectivity index (χ2n) is 7.78. The second-order valence-corrected chi connectivity index (χ2v) is 7.78. The van der Waals surface area contributed by atoms with Crippen LogP contribution in [0, 0.1) is 27.3 Å². The number of allylic oxidation sites excluding steroid dienone is 1. The standard InChI is InChI=1S/C28H24FN3O5/c1-3-7-21-12-20(13-22(17-30)28(33)31-24-10-6-11-25(16-24)32(34)35)15-26(36-4-2)27(21)37-18-19-8-5-9-23(29)14-19/h3,5-6,8-16H,1,4,7,18H2,2H3,(H,31,33)/b22-13+. The topological polar surface area (TPSA) is 114 Å². The number of nitro groups is 1. The number of nitro benzene ring substituents is 1. The van der Waals surface area contributed by atoms with Gasteiger partial charge in [-0.1, -0.05) is 24.3 Å². The molecule has 37 heavy (non-hydrogen) atoms. The van der Waals surface area contributed by atoms with Crippen LogP contribution in [0.3, 0.4) is 0 Å². The van der Waals surface area contributed by atoms with E-state index < -0.39 is 10.8 Å². The van der Waals surface area contributed by atoms with E-state index in [1.54, 1.807) is 37.3 Å². The number of nitrogens with zero attached hydrogens (tertiary/aromatic N) is 2. The Bertz CT molecular complexity index is 1390. The van der Waals surface area contributed by atoms with Gasteiger partial charge in [0.1, 0.15) is 24.1 Å². The number of hydrogen-bond acceptors (Lipinski definition) is 6. The van der Waals surface area contributed by atoms with Crippen LogP contribution in [0.15, 0.2) is 78.9 Å². The molecule has 0 heterocycles. The van der Waals surface area contributed by atoms with Crippen LogP contribution in [0.2, 0.25) is 0 Å². The van der Waals surface area contributed by atoms with Crippen molar-refractivity contribution in [3.05, 3.63) is 112 Å². The van der Waals surface area contributed by atoms with E-state index in [2.05, 4.69) is 11.9 Å². The van der Waals surface area contributed by atoms with Gasteiger partial charge < -0.3 is 14.8 Å². The Morgan fingerprint density at radius 1 is 1.19 bits per heavy atom. The molecule has 8 nitrogen and oxygen atoms in total. The van der Waals surface area contributed by atoms with Gasteiger partial charge in [0.15, 0.2) is 11.5 Å². The molecular weight excluding hydrogens is 477 g/mol. The van der Waals surface area contributed by atoms with Crippen molar-refractivity contribution in [3.8, 4) is 17.6 Å². The minimum absolute atomic E-state index is 0.103. The van der Waals surface area contributed by atoms with Gasteiger partial charge in [0.25, 0.3) is 11.6 Å². The number of hydrogen-bond donors (Lipinski definition) is 1. The van der Waals surface area contributed by atoms with Gasteiger partial charge in [-0.15, -0.1) is 6.58 Å². The van der Waals surface area contributed by atoms with Crippen LogP contribution in [0.25, 0.3) is 6.08 Å². The predicted octanol–water partition coefficient (Wildman–Crippen LogP) is 5.99. The van der Waals surface area contributed by atoms with Crippen LogP contribution < -0.4 is 14.8 Å². The minimum atomic E-state index is -0.724. The average molecular weight is 502 g/mol. The fraction of sp³-hybridized carbons (Fsp3) is 0.143. The number of ether oxygens (including phenoxy) is 2. The van der Waals surface area contributed by atoms with Gasteiger partial charge >= 0.3 is 0 Å². The first-order chi connectivity index (χ1) is 17.8. The number of rotatable bonds is 11. The van der Waals surface area contributed by atoms with Crippen molar-refractivity contribution in [1.82, 2.24) is 0 Å². The maximum Gasteiger partial charge on any atom is 0.271 e. The smallest absolute Gasteiger partial charge is 0.271 e. The lowest BCUT2D eigenvalue weighted by Crippen LogP contribution is -2.13. The number of anilines is 1. The van der Waals surface area contributed by atoms with Crippen molar-refractivity contribution in [3.63, 3.8) is 0 Å². The first-order valence-electron chi connectivity index (χ1n) is 11.3. The Hall–Kier alpha value is -4.97. The van der Waals surface area contributed by atoms with Crippen LogP contribution in [0.5, 0.6) is 11.5 Å². The summed E-state index contributed by atoms with van der Waals surface area (Å²) in [5.74, 6) is -0.258. The second kappa shape index (κ2) is 12.7. The third kappa shape index (κ3) is 7.26. The van der Waals surface area contributed by atoms with Crippen LogP contribution in [0.1, 0.15) is 23.6 Å². The number of amides is 1. The zero-order valence-electron chi connectivity index (χ0n) is 20.1. The lowest BCUT2D eigenvalue weighted by molar-refractivity contribution is -0.384. The van der Waals surface area contributed by atoms with Gasteiger partial charge in [-0.05, 0) is 60.9 Å². The third-order valence-electron chi connectivity index (χ3n) is 5.08. The van der Waals surface area contributed by atoms with E-state index in [0.717, 1.165) is 0 Å². The van der Waals surface area contributed by atoms with Crippen LogP contribution in [-0.2, 0) is 17.8 Å². The molecule has 0 aliphatic heterocycles. The number of carbonyl (C=O) groups excluding carboxylic acids is 1. The van der Waals surface area contributed by atoms with Gasteiger partial charge in [-0.25, -0.2) is 4.39 Å². The summed E-state index contributed by atoms with van der Waals surface area (Å²) in [5.41, 5.74) is 1.62. The summed E-state index contributed by atoms with van der Waals surface area (Å²) in [6.45, 7) is 6.02. The first-order valence-corrected chi connectivity index (χ1v) is 11.3. The molecule has 0 unspecified atom stereocenters. The normalized spacial score (nSPS) is 10.8. The molecule has 9 heteroatoms. The fourth-order valence-corrected chi connectivity index (χ4v) is 3.49. The monoisotopic (exact) mass is 501 g/mol. The lowest BCUT2D eigenvalue weighted by atomic mass is 10.0. The van der Waals surface area contributed by atoms with E-state index in [4.69, 9.17) is 9.47 Å². The number of carbonyl (C=O) groups is 1. The molecule has 3 rings (SSSR count). The van der Waals surface area contributed by atoms with Gasteiger partial charge in [0, 0.05) is 23.4 Å². The van der Waals surface area contributed by atoms with Gasteiger partial charge in [-0.3, -0.25) is 14.9 Å². The molecule has 188 valence electrons. The predicted molar refractivity (Wildman–Crippen MR) is 138 cm³/mol. The highest BCUT2D eigenvalue weighted by Gasteiger charge is 2.16. The zero-order chi connectivity index (χ0) is 26.8. The van der Waals surface area contributed by atoms with E-state index in [1.807, 2.05) is 6.07 Å². The molecule has 0 saturated heterocycles. The quantitative estimate of drug-likeness (QED) is 0.114. The fourth-order valence-electron chi connectivity index (χ4n) is 3.49. The van der Waals surface area contributed by atoms with Crippen molar-refractivity contribution in [2.24, 2.45) is 0 Å². The first kappa shape index (κ1) is 26.6. The van der Waals surface area contributed by atoms with Gasteiger partial charge in [0.05, 0.1) is 11.5 Å². The average Bonchev–Trinajstić information content (AvgIpc) is 2.87. The van der Waals surface area contributed by atoms with Crippen LogP contribution >= 0.6 is 0 Å².